The van der Waals surface area contributed by atoms with Crippen molar-refractivity contribution in [3.05, 3.63) is 70.8 Å². The predicted octanol–water partition coefficient (Wildman–Crippen LogP) is 0.784. The molecule has 7 amide bonds. The number of ether oxygens (including phenoxy) is 2. The molecule has 3 aromatic rings. The number of hydrogen-bond acceptors (Lipinski definition) is 15. The van der Waals surface area contributed by atoms with E-state index in [4.69, 9.17) is 20.6 Å². The molecule has 0 saturated heterocycles. The number of carbonyl (C=O) groups excluding carboxylic acids is 7. The predicted molar refractivity (Wildman–Crippen MR) is 284 cm³/mol. The van der Waals surface area contributed by atoms with Crippen LogP contribution in [0, 0.1) is 17.2 Å². The van der Waals surface area contributed by atoms with Gasteiger partial charge in [0.15, 0.2) is 5.96 Å². The minimum Gasteiger partial charge on any atom is -0.492 e. The first-order valence-corrected chi connectivity index (χ1v) is 25.8. The summed E-state index contributed by atoms with van der Waals surface area (Å²) in [5, 5.41) is 42.3. The van der Waals surface area contributed by atoms with Crippen LogP contribution >= 0.6 is 15.9 Å². The van der Waals surface area contributed by atoms with Gasteiger partial charge in [0.1, 0.15) is 48.9 Å². The second-order valence-electron chi connectivity index (χ2n) is 18.2. The van der Waals surface area contributed by atoms with Crippen molar-refractivity contribution >= 4 is 80.7 Å². The lowest BCUT2D eigenvalue weighted by Gasteiger charge is -2.29. The normalized spacial score (nSPS) is 13.6. The molecule has 1 heterocycles. The van der Waals surface area contributed by atoms with E-state index in [1.165, 1.54) is 6.92 Å². The van der Waals surface area contributed by atoms with Gasteiger partial charge in [-0.2, -0.15) is 4.98 Å². The first-order chi connectivity index (χ1) is 35.9. The van der Waals surface area contributed by atoms with Gasteiger partial charge in [-0.25, -0.2) is 4.98 Å². The van der Waals surface area contributed by atoms with Crippen LogP contribution in [0.4, 0.5) is 17.5 Å². The minimum absolute atomic E-state index is 0.0156. The van der Waals surface area contributed by atoms with Gasteiger partial charge < -0.3 is 73.1 Å². The summed E-state index contributed by atoms with van der Waals surface area (Å²) in [7, 11) is 1.85. The molecule has 410 valence electrons. The van der Waals surface area contributed by atoms with Crippen molar-refractivity contribution < 1.29 is 48.1 Å². The Bertz CT molecular complexity index is 2350. The monoisotopic (exact) mass is 1110 g/mol. The molecule has 1 saturated carbocycles. The Kier molecular flexibility index (Phi) is 26.0. The van der Waals surface area contributed by atoms with Crippen molar-refractivity contribution in [3.8, 4) is 5.75 Å². The van der Waals surface area contributed by atoms with Crippen LogP contribution < -0.4 is 58.3 Å². The number of aromatic nitrogens is 2. The first kappa shape index (κ1) is 60.4. The number of halogens is 1. The Morgan fingerprint density at radius 2 is 1.52 bits per heavy atom. The van der Waals surface area contributed by atoms with E-state index in [0.29, 0.717) is 47.1 Å². The van der Waals surface area contributed by atoms with Crippen LogP contribution in [0.1, 0.15) is 64.9 Å². The van der Waals surface area contributed by atoms with Crippen LogP contribution in [0.3, 0.4) is 0 Å². The molecule has 24 nitrogen and oxygen atoms in total. The average Bonchev–Trinajstić information content (AvgIpc) is 3.36. The summed E-state index contributed by atoms with van der Waals surface area (Å²) in [6, 6.07) is 11.2. The molecule has 13 N–H and O–H groups in total. The van der Waals surface area contributed by atoms with E-state index in [0.717, 1.165) is 31.4 Å². The molecule has 1 aliphatic carbocycles. The highest BCUT2D eigenvalue weighted by Gasteiger charge is 2.33. The highest BCUT2D eigenvalue weighted by Crippen LogP contribution is 2.28. The number of carbonyl (C=O) groups is 7. The number of anilines is 3. The number of aliphatic hydroxyl groups excluding tert-OH is 1. The smallest absolute Gasteiger partial charge is 0.246 e. The number of guanidine groups is 1. The van der Waals surface area contributed by atoms with Gasteiger partial charge in [-0.15, -0.1) is 0 Å². The van der Waals surface area contributed by atoms with E-state index >= 15 is 0 Å². The third-order valence-electron chi connectivity index (χ3n) is 11.8. The van der Waals surface area contributed by atoms with E-state index in [9.17, 15) is 38.7 Å². The van der Waals surface area contributed by atoms with Crippen molar-refractivity contribution in [2.45, 2.75) is 89.9 Å². The van der Waals surface area contributed by atoms with Crippen LogP contribution in [-0.2, 0) is 44.7 Å². The molecule has 75 heavy (non-hydrogen) atoms. The van der Waals surface area contributed by atoms with Crippen LogP contribution in [0.5, 0.6) is 5.75 Å². The number of benzene rings is 2. The van der Waals surface area contributed by atoms with Gasteiger partial charge >= 0.3 is 0 Å². The Hall–Kier alpha value is -7.12. The molecule has 4 atom stereocenters. The summed E-state index contributed by atoms with van der Waals surface area (Å²) in [6.07, 6.45) is 6.09. The molecular formula is C50H73BrN14O10. The highest BCUT2D eigenvalue weighted by molar-refractivity contribution is 9.10. The lowest BCUT2D eigenvalue weighted by molar-refractivity contribution is -0.136. The highest BCUT2D eigenvalue weighted by atomic mass is 79.9. The lowest BCUT2D eigenvalue weighted by Crippen LogP contribution is -2.60. The van der Waals surface area contributed by atoms with Crippen LogP contribution in [0.15, 0.2) is 65.3 Å². The SMILES string of the molecule is CC(=O)NC(CCCNC(=N)N)C(=O)NC(C(=O)NC(CO)C(=O)NC(Cc1ccccc1)C(=O)NCCOCC(=O)NCCOc1ccc(Nc2ncc(Br)c(NCCCN(C)C(=O)C3CCC3)n2)cc1)C(C)C. The Morgan fingerprint density at radius 3 is 2.17 bits per heavy atom. The van der Waals surface area contributed by atoms with E-state index < -0.39 is 72.1 Å². The molecule has 0 bridgehead atoms. The maximum atomic E-state index is 13.5. The Labute approximate surface area is 445 Å². The number of amides is 7. The van der Waals surface area contributed by atoms with E-state index in [1.54, 1.807) is 67.4 Å². The van der Waals surface area contributed by atoms with Gasteiger partial charge in [0.05, 0.1) is 24.2 Å². The van der Waals surface area contributed by atoms with E-state index in [1.807, 2.05) is 19.2 Å². The number of nitrogens with two attached hydrogens (primary N) is 1. The standard InChI is InChI=1S/C50H73BrN14O10/c1-31(2)42(63-45(70)38(59-32(3)67)15-9-20-57-49(52)53)47(72)62-40(29-66)46(71)61-39(27-33-11-6-5-7-12-33)44(69)56-22-25-74-30-41(68)54-23-26-75-36-18-16-35(17-19-36)60-50-58-28-37(51)43(64-50)55-21-10-24-65(4)48(73)34-13-8-14-34/h5-7,11-12,16-19,28,31,34,38-40,42,66H,8-10,13-15,20-27,29-30H2,1-4H3,(H,54,68)(H,56,69)(H,59,67)(H,61,71)(H,62,72)(H,63,70)(H4,52,53,57)(H2,55,58,60,64). The largest absolute Gasteiger partial charge is 0.492 e. The second-order valence-corrected chi connectivity index (χ2v) is 19.1. The lowest BCUT2D eigenvalue weighted by atomic mass is 9.84. The van der Waals surface area contributed by atoms with Gasteiger partial charge in [0.25, 0.3) is 0 Å². The number of nitrogens with one attached hydrogen (secondary N) is 10. The minimum atomic E-state index is -1.51. The quantitative estimate of drug-likeness (QED) is 0.0228. The van der Waals surface area contributed by atoms with Gasteiger partial charge in [0.2, 0.25) is 47.3 Å². The van der Waals surface area contributed by atoms with E-state index in [-0.39, 0.29) is 70.1 Å². The van der Waals surface area contributed by atoms with Gasteiger partial charge in [-0.1, -0.05) is 50.6 Å². The van der Waals surface area contributed by atoms with Crippen molar-refractivity contribution in [2.24, 2.45) is 17.6 Å². The number of rotatable bonds is 33. The van der Waals surface area contributed by atoms with Crippen LogP contribution in [0.25, 0.3) is 0 Å². The molecule has 25 heteroatoms. The molecule has 0 aliphatic heterocycles. The maximum Gasteiger partial charge on any atom is 0.246 e. The third kappa shape index (κ3) is 22.1. The molecule has 1 aromatic heterocycles. The van der Waals surface area contributed by atoms with Crippen molar-refractivity contribution in [1.29, 1.82) is 5.41 Å². The van der Waals surface area contributed by atoms with E-state index in [2.05, 4.69) is 73.7 Å². The average molecular weight is 1110 g/mol. The number of hydrogen-bond donors (Lipinski definition) is 12. The number of aliphatic hydroxyl groups is 1. The summed E-state index contributed by atoms with van der Waals surface area (Å²) in [4.78, 5) is 101. The fourth-order valence-corrected chi connectivity index (χ4v) is 7.81. The molecule has 0 radical (unpaired) electrons. The zero-order valence-electron chi connectivity index (χ0n) is 43.0. The summed E-state index contributed by atoms with van der Waals surface area (Å²) in [6.45, 7) is 5.31. The summed E-state index contributed by atoms with van der Waals surface area (Å²) in [5.41, 5.74) is 6.75. The Morgan fingerprint density at radius 1 is 0.827 bits per heavy atom. The van der Waals surface area contributed by atoms with Gasteiger partial charge in [-0.3, -0.25) is 39.0 Å². The van der Waals surface area contributed by atoms with Gasteiger partial charge in [0, 0.05) is 64.4 Å². The zero-order valence-corrected chi connectivity index (χ0v) is 44.6. The molecule has 1 fully saturated rings. The second kappa shape index (κ2) is 32.2. The molecule has 2 aromatic carbocycles. The van der Waals surface area contributed by atoms with Gasteiger partial charge in [-0.05, 0) is 83.8 Å². The summed E-state index contributed by atoms with van der Waals surface area (Å²) in [5.74, 6) is -2.53. The fraction of sp³-hybridized carbons (Fsp3) is 0.520. The van der Waals surface area contributed by atoms with Crippen LogP contribution in [-0.4, -0.2) is 158 Å². The molecule has 4 unspecified atom stereocenters. The van der Waals surface area contributed by atoms with Crippen molar-refractivity contribution in [3.63, 3.8) is 0 Å². The van der Waals surface area contributed by atoms with Crippen molar-refractivity contribution in [1.82, 2.24) is 52.1 Å². The first-order valence-electron chi connectivity index (χ1n) is 25.0. The van der Waals surface area contributed by atoms with Crippen molar-refractivity contribution in [2.75, 3.05) is 76.8 Å². The van der Waals surface area contributed by atoms with Crippen LogP contribution in [0.2, 0.25) is 0 Å². The molecule has 1 aliphatic rings. The number of nitrogens with zero attached hydrogens (tertiary/aromatic N) is 3. The molecular weight excluding hydrogens is 1040 g/mol. The fourth-order valence-electron chi connectivity index (χ4n) is 7.48. The summed E-state index contributed by atoms with van der Waals surface area (Å²) < 4.78 is 12.0. The third-order valence-corrected chi connectivity index (χ3v) is 12.4. The molecule has 4 rings (SSSR count). The zero-order chi connectivity index (χ0) is 54.7. The Balaban J connectivity index is 1.17. The molecule has 0 spiro atoms. The summed E-state index contributed by atoms with van der Waals surface area (Å²) >= 11 is 3.49. The maximum absolute atomic E-state index is 13.5. The topological polar surface area (TPSA) is 345 Å².